The van der Waals surface area contributed by atoms with E-state index in [2.05, 4.69) is 16.2 Å². The maximum Gasteiger partial charge on any atom is 0.165 e. The van der Waals surface area contributed by atoms with Gasteiger partial charge in [-0.3, -0.25) is 0 Å². The fourth-order valence-electron chi connectivity index (χ4n) is 2.97. The third-order valence-electron chi connectivity index (χ3n) is 4.31. The minimum absolute atomic E-state index is 0.159. The summed E-state index contributed by atoms with van der Waals surface area (Å²) in [4.78, 5) is 4.42. The molecule has 0 aliphatic heterocycles. The molecular weight excluding hydrogens is 362 g/mol. The van der Waals surface area contributed by atoms with Gasteiger partial charge in [0.15, 0.2) is 5.65 Å². The van der Waals surface area contributed by atoms with Gasteiger partial charge >= 0.3 is 0 Å². The van der Waals surface area contributed by atoms with Crippen LogP contribution in [0.3, 0.4) is 0 Å². The van der Waals surface area contributed by atoms with Gasteiger partial charge in [0.25, 0.3) is 0 Å². The Morgan fingerprint density at radius 2 is 1.74 bits per heavy atom. The van der Waals surface area contributed by atoms with Crippen molar-refractivity contribution in [2.24, 2.45) is 0 Å². The number of nitrogen functional groups attached to an aromatic ring is 1. The van der Waals surface area contributed by atoms with E-state index in [-0.39, 0.29) is 11.4 Å². The number of nitrogens with two attached hydrogens (primary N) is 1. The molecule has 2 N–H and O–H groups in total. The number of anilines is 1. The molecule has 2 aromatic heterocycles. The van der Waals surface area contributed by atoms with Gasteiger partial charge in [0.2, 0.25) is 0 Å². The second-order valence-electron chi connectivity index (χ2n) is 5.86. The van der Waals surface area contributed by atoms with Crippen molar-refractivity contribution in [3.63, 3.8) is 0 Å². The number of hydrogen-bond donors (Lipinski definition) is 1. The molecule has 0 unspecified atom stereocenters. The summed E-state index contributed by atoms with van der Waals surface area (Å²) in [5, 5.41) is 14.7. The second kappa shape index (κ2) is 6.63. The average molecular weight is 376 g/mol. The smallest absolute Gasteiger partial charge is 0.165 e. The molecule has 4 rings (SSSR count). The zero-order chi connectivity index (χ0) is 19.0. The number of nitriles is 1. The molecule has 27 heavy (non-hydrogen) atoms. The summed E-state index contributed by atoms with van der Waals surface area (Å²) in [5.41, 5.74) is 10.0. The Balaban J connectivity index is 1.99. The molecule has 0 radical (unpaired) electrons. The molecule has 0 saturated heterocycles. The lowest BCUT2D eigenvalue weighted by molar-refractivity contribution is 0.415. The van der Waals surface area contributed by atoms with Crippen molar-refractivity contribution in [2.75, 3.05) is 12.8 Å². The largest absolute Gasteiger partial charge is 0.497 e. The van der Waals surface area contributed by atoms with E-state index in [1.165, 1.54) is 0 Å². The van der Waals surface area contributed by atoms with Gasteiger partial charge < -0.3 is 10.5 Å². The molecule has 2 aromatic carbocycles. The van der Waals surface area contributed by atoms with Crippen LogP contribution in [0.1, 0.15) is 5.56 Å². The quantitative estimate of drug-likeness (QED) is 0.580. The van der Waals surface area contributed by atoms with E-state index in [0.717, 1.165) is 22.4 Å². The fourth-order valence-corrected chi connectivity index (χ4v) is 3.10. The van der Waals surface area contributed by atoms with E-state index >= 15 is 0 Å². The maximum atomic E-state index is 9.62. The Labute approximate surface area is 160 Å². The van der Waals surface area contributed by atoms with Gasteiger partial charge in [-0.25, -0.2) is 9.50 Å². The monoisotopic (exact) mass is 375 g/mol. The average Bonchev–Trinajstić information content (AvgIpc) is 3.11. The first-order valence-electron chi connectivity index (χ1n) is 8.10. The van der Waals surface area contributed by atoms with E-state index in [1.54, 1.807) is 30.0 Å². The van der Waals surface area contributed by atoms with Crippen LogP contribution < -0.4 is 10.5 Å². The van der Waals surface area contributed by atoms with E-state index in [0.29, 0.717) is 16.4 Å². The van der Waals surface area contributed by atoms with Crippen LogP contribution in [0.4, 0.5) is 5.82 Å². The Bertz CT molecular complexity index is 1170. The predicted octanol–water partition coefficient (Wildman–Crippen LogP) is 4.18. The molecule has 0 spiro atoms. The molecule has 2 heterocycles. The first-order valence-corrected chi connectivity index (χ1v) is 8.48. The SMILES string of the molecule is COc1ccc(-c2c(C#N)c(N)nc3c(-c4ccc(Cl)cc4)cnn23)cc1. The Kier molecular flexibility index (Phi) is 4.15. The number of nitrogens with zero attached hydrogens (tertiary/aromatic N) is 4. The molecule has 0 saturated carbocycles. The van der Waals surface area contributed by atoms with Crippen LogP contribution in [0.5, 0.6) is 5.75 Å². The van der Waals surface area contributed by atoms with Crippen molar-refractivity contribution in [1.82, 2.24) is 14.6 Å². The first kappa shape index (κ1) is 16.9. The first-order chi connectivity index (χ1) is 13.1. The molecule has 6 nitrogen and oxygen atoms in total. The third-order valence-corrected chi connectivity index (χ3v) is 4.56. The molecule has 0 bridgehead atoms. The molecule has 4 aromatic rings. The minimum atomic E-state index is 0.159. The summed E-state index contributed by atoms with van der Waals surface area (Å²) in [5.74, 6) is 0.879. The highest BCUT2D eigenvalue weighted by atomic mass is 35.5. The molecular formula is C20H14ClN5O. The Hall–Kier alpha value is -3.56. The van der Waals surface area contributed by atoms with Crippen LogP contribution >= 0.6 is 11.6 Å². The van der Waals surface area contributed by atoms with Crippen molar-refractivity contribution in [1.29, 1.82) is 5.26 Å². The van der Waals surface area contributed by atoms with Gasteiger partial charge in [-0.15, -0.1) is 0 Å². The Morgan fingerprint density at radius 1 is 1.07 bits per heavy atom. The number of methoxy groups -OCH3 is 1. The maximum absolute atomic E-state index is 9.62. The molecule has 0 aliphatic rings. The fraction of sp³-hybridized carbons (Fsp3) is 0.0500. The lowest BCUT2D eigenvalue weighted by atomic mass is 10.1. The highest BCUT2D eigenvalue weighted by Gasteiger charge is 2.19. The third kappa shape index (κ3) is 2.84. The number of aromatic nitrogens is 3. The molecule has 0 atom stereocenters. The molecule has 0 aliphatic carbocycles. The minimum Gasteiger partial charge on any atom is -0.497 e. The highest BCUT2D eigenvalue weighted by Crippen LogP contribution is 2.32. The number of rotatable bonds is 3. The number of hydrogen-bond acceptors (Lipinski definition) is 5. The predicted molar refractivity (Wildman–Crippen MR) is 105 cm³/mol. The summed E-state index contributed by atoms with van der Waals surface area (Å²) >= 11 is 5.98. The van der Waals surface area contributed by atoms with Gasteiger partial charge in [0.05, 0.1) is 19.0 Å². The molecule has 0 fully saturated rings. The van der Waals surface area contributed by atoms with E-state index in [4.69, 9.17) is 22.1 Å². The zero-order valence-electron chi connectivity index (χ0n) is 14.3. The van der Waals surface area contributed by atoms with Crippen LogP contribution in [-0.4, -0.2) is 21.7 Å². The lowest BCUT2D eigenvalue weighted by Crippen LogP contribution is -2.05. The molecule has 132 valence electrons. The van der Waals surface area contributed by atoms with Gasteiger partial charge in [0.1, 0.15) is 23.2 Å². The number of ether oxygens (including phenoxy) is 1. The number of benzene rings is 2. The number of fused-ring (bicyclic) bond motifs is 1. The van der Waals surface area contributed by atoms with Crippen LogP contribution in [0.25, 0.3) is 28.0 Å². The summed E-state index contributed by atoms with van der Waals surface area (Å²) in [6.45, 7) is 0. The lowest BCUT2D eigenvalue weighted by Gasteiger charge is -2.10. The van der Waals surface area contributed by atoms with Crippen molar-refractivity contribution in [2.45, 2.75) is 0 Å². The van der Waals surface area contributed by atoms with Crippen LogP contribution in [-0.2, 0) is 0 Å². The van der Waals surface area contributed by atoms with Crippen LogP contribution in [0.15, 0.2) is 54.7 Å². The number of halogens is 1. The van der Waals surface area contributed by atoms with Gasteiger partial charge in [0, 0.05) is 16.1 Å². The van der Waals surface area contributed by atoms with Crippen molar-refractivity contribution in [3.8, 4) is 34.2 Å². The summed E-state index contributed by atoms with van der Waals surface area (Å²) < 4.78 is 6.85. The van der Waals surface area contributed by atoms with Crippen molar-refractivity contribution in [3.05, 3.63) is 65.3 Å². The van der Waals surface area contributed by atoms with Crippen LogP contribution in [0, 0.1) is 11.3 Å². The van der Waals surface area contributed by atoms with Gasteiger partial charge in [-0.05, 0) is 42.0 Å². The van der Waals surface area contributed by atoms with E-state index in [9.17, 15) is 5.26 Å². The van der Waals surface area contributed by atoms with Crippen molar-refractivity contribution >= 4 is 23.1 Å². The van der Waals surface area contributed by atoms with E-state index < -0.39 is 0 Å². The van der Waals surface area contributed by atoms with Gasteiger partial charge in [-0.2, -0.15) is 10.4 Å². The highest BCUT2D eigenvalue weighted by molar-refractivity contribution is 6.30. The van der Waals surface area contributed by atoms with Crippen molar-refractivity contribution < 1.29 is 4.74 Å². The molecule has 7 heteroatoms. The summed E-state index contributed by atoms with van der Waals surface area (Å²) in [6, 6.07) is 16.9. The van der Waals surface area contributed by atoms with Crippen LogP contribution in [0.2, 0.25) is 5.02 Å². The van der Waals surface area contributed by atoms with E-state index in [1.807, 2.05) is 36.4 Å². The zero-order valence-corrected chi connectivity index (χ0v) is 15.1. The summed E-state index contributed by atoms with van der Waals surface area (Å²) in [6.07, 6.45) is 1.71. The normalized spacial score (nSPS) is 10.7. The molecule has 0 amide bonds. The summed E-state index contributed by atoms with van der Waals surface area (Å²) in [7, 11) is 1.60. The standard InChI is InChI=1S/C20H14ClN5O/c1-27-15-8-4-13(5-9-15)18-16(10-22)19(23)25-20-17(11-24-26(18)20)12-2-6-14(21)7-3-12/h2-9,11H,1H3,(H2,23,25). The van der Waals surface area contributed by atoms with Gasteiger partial charge in [-0.1, -0.05) is 23.7 Å². The topological polar surface area (TPSA) is 89.2 Å². The Morgan fingerprint density at radius 3 is 2.37 bits per heavy atom. The second-order valence-corrected chi connectivity index (χ2v) is 6.30.